The summed E-state index contributed by atoms with van der Waals surface area (Å²) in [5, 5.41) is 9.23. The van der Waals surface area contributed by atoms with Gasteiger partial charge in [-0.15, -0.1) is 0 Å². The second-order valence-electron chi connectivity index (χ2n) is 4.06. The lowest BCUT2D eigenvalue weighted by Crippen LogP contribution is -2.16. The maximum atomic E-state index is 11.6. The van der Waals surface area contributed by atoms with Crippen LogP contribution in [0.2, 0.25) is 5.02 Å². The number of Topliss-reactive ketones (excluding diaryl/α,β-unsaturated/α-hetero) is 1. The normalized spacial score (nSPS) is 11.7. The molecule has 0 aromatic heterocycles. The minimum Gasteiger partial charge on any atom is -0.454 e. The monoisotopic (exact) mass is 304 g/mol. The third-order valence-corrected chi connectivity index (χ3v) is 2.78. The SMILES string of the molecule is CC(N)=C(C#N)C(=O)COC(=O)C=Cc1ccccc1Cl. The van der Waals surface area contributed by atoms with Gasteiger partial charge in [0.05, 0.1) is 0 Å². The number of esters is 1. The topological polar surface area (TPSA) is 93.2 Å². The average molecular weight is 305 g/mol. The van der Waals surface area contributed by atoms with Crippen molar-refractivity contribution in [3.8, 4) is 6.07 Å². The molecule has 0 unspecified atom stereocenters. The van der Waals surface area contributed by atoms with Crippen LogP contribution in [0.5, 0.6) is 0 Å². The summed E-state index contributed by atoms with van der Waals surface area (Å²) in [6, 6.07) is 8.62. The Hall–Kier alpha value is -2.58. The number of carbonyl (C=O) groups excluding carboxylic acids is 2. The molecule has 21 heavy (non-hydrogen) atoms. The number of nitrogens with two attached hydrogens (primary N) is 1. The molecule has 0 amide bonds. The summed E-state index contributed by atoms with van der Waals surface area (Å²) in [6.45, 7) is 0.888. The molecule has 0 heterocycles. The highest BCUT2D eigenvalue weighted by molar-refractivity contribution is 6.32. The van der Waals surface area contributed by atoms with Gasteiger partial charge in [-0.2, -0.15) is 5.26 Å². The summed E-state index contributed by atoms with van der Waals surface area (Å²) in [7, 11) is 0. The van der Waals surface area contributed by atoms with Crippen LogP contribution >= 0.6 is 11.6 Å². The fraction of sp³-hybridized carbons (Fsp3) is 0.133. The van der Waals surface area contributed by atoms with Crippen LogP contribution in [0.4, 0.5) is 0 Å². The van der Waals surface area contributed by atoms with Crippen LogP contribution in [-0.2, 0) is 14.3 Å². The molecule has 6 heteroatoms. The van der Waals surface area contributed by atoms with Crippen molar-refractivity contribution in [1.82, 2.24) is 0 Å². The summed E-state index contributed by atoms with van der Waals surface area (Å²) >= 11 is 5.92. The molecule has 0 aliphatic heterocycles. The number of rotatable bonds is 5. The van der Waals surface area contributed by atoms with Gasteiger partial charge >= 0.3 is 5.97 Å². The summed E-state index contributed by atoms with van der Waals surface area (Å²) < 4.78 is 4.74. The quantitative estimate of drug-likeness (QED) is 0.511. The second-order valence-corrected chi connectivity index (χ2v) is 4.46. The zero-order chi connectivity index (χ0) is 15.8. The molecule has 0 aliphatic rings. The molecule has 108 valence electrons. The molecule has 1 rings (SSSR count). The molecule has 0 radical (unpaired) electrons. The van der Waals surface area contributed by atoms with Gasteiger partial charge < -0.3 is 10.5 Å². The van der Waals surface area contributed by atoms with Crippen molar-refractivity contribution in [2.45, 2.75) is 6.92 Å². The molecule has 0 spiro atoms. The van der Waals surface area contributed by atoms with Crippen LogP contribution in [-0.4, -0.2) is 18.4 Å². The third kappa shape index (κ3) is 5.13. The van der Waals surface area contributed by atoms with E-state index in [1.165, 1.54) is 13.0 Å². The van der Waals surface area contributed by atoms with Crippen molar-refractivity contribution >= 4 is 29.4 Å². The molecule has 0 atom stereocenters. The first-order valence-corrected chi connectivity index (χ1v) is 6.32. The van der Waals surface area contributed by atoms with Gasteiger partial charge in [0.15, 0.2) is 6.61 Å². The van der Waals surface area contributed by atoms with Crippen molar-refractivity contribution in [1.29, 1.82) is 5.26 Å². The Labute approximate surface area is 127 Å². The van der Waals surface area contributed by atoms with Crippen LogP contribution in [0.3, 0.4) is 0 Å². The van der Waals surface area contributed by atoms with Crippen LogP contribution in [0.25, 0.3) is 6.08 Å². The molecular weight excluding hydrogens is 292 g/mol. The van der Waals surface area contributed by atoms with E-state index in [-0.39, 0.29) is 11.3 Å². The van der Waals surface area contributed by atoms with Crippen LogP contribution in [0.15, 0.2) is 41.6 Å². The van der Waals surface area contributed by atoms with E-state index in [0.717, 1.165) is 6.08 Å². The van der Waals surface area contributed by atoms with Gasteiger partial charge in [-0.05, 0) is 24.6 Å². The number of hydrogen-bond donors (Lipinski definition) is 1. The summed E-state index contributed by atoms with van der Waals surface area (Å²) in [5.74, 6) is -1.35. The number of halogens is 1. The van der Waals surface area contributed by atoms with Crippen molar-refractivity contribution in [2.24, 2.45) is 5.73 Å². The smallest absolute Gasteiger partial charge is 0.331 e. The Morgan fingerprint density at radius 2 is 2.10 bits per heavy atom. The fourth-order valence-corrected chi connectivity index (χ4v) is 1.59. The molecule has 0 bridgehead atoms. The van der Waals surface area contributed by atoms with Gasteiger partial charge in [0, 0.05) is 16.8 Å². The highest BCUT2D eigenvalue weighted by Crippen LogP contribution is 2.16. The predicted octanol–water partition coefficient (Wildman–Crippen LogP) is 2.22. The summed E-state index contributed by atoms with van der Waals surface area (Å²) in [4.78, 5) is 23.0. The van der Waals surface area contributed by atoms with Gasteiger partial charge in [0.25, 0.3) is 0 Å². The Kier molecular flexibility index (Phi) is 6.18. The number of nitrogens with zero attached hydrogens (tertiary/aromatic N) is 1. The van der Waals surface area contributed by atoms with E-state index in [0.29, 0.717) is 10.6 Å². The number of carbonyl (C=O) groups is 2. The first kappa shape index (κ1) is 16.5. The van der Waals surface area contributed by atoms with E-state index < -0.39 is 18.4 Å². The van der Waals surface area contributed by atoms with Crippen LogP contribution in [0, 0.1) is 11.3 Å². The lowest BCUT2D eigenvalue weighted by molar-refractivity contribution is -0.141. The summed E-state index contributed by atoms with van der Waals surface area (Å²) in [6.07, 6.45) is 2.63. The van der Waals surface area contributed by atoms with E-state index in [2.05, 4.69) is 0 Å². The molecule has 1 aromatic rings. The molecule has 0 saturated heterocycles. The van der Waals surface area contributed by atoms with Crippen LogP contribution < -0.4 is 5.73 Å². The van der Waals surface area contributed by atoms with E-state index >= 15 is 0 Å². The lowest BCUT2D eigenvalue weighted by Gasteiger charge is -2.02. The zero-order valence-corrected chi connectivity index (χ0v) is 12.1. The number of ether oxygens (including phenoxy) is 1. The Bertz CT molecular complexity index is 653. The number of benzene rings is 1. The minimum absolute atomic E-state index is 0.0881. The predicted molar refractivity (Wildman–Crippen MR) is 79.0 cm³/mol. The van der Waals surface area contributed by atoms with E-state index in [4.69, 9.17) is 27.3 Å². The van der Waals surface area contributed by atoms with Gasteiger partial charge in [-0.1, -0.05) is 29.8 Å². The number of allylic oxidation sites excluding steroid dienone is 1. The van der Waals surface area contributed by atoms with Crippen molar-refractivity contribution in [3.63, 3.8) is 0 Å². The molecule has 1 aromatic carbocycles. The van der Waals surface area contributed by atoms with Gasteiger partial charge in [-0.25, -0.2) is 4.79 Å². The Balaban J connectivity index is 2.60. The molecule has 0 fully saturated rings. The van der Waals surface area contributed by atoms with Crippen molar-refractivity contribution in [3.05, 3.63) is 52.2 Å². The molecule has 0 saturated carbocycles. The molecule has 2 N–H and O–H groups in total. The van der Waals surface area contributed by atoms with Crippen molar-refractivity contribution < 1.29 is 14.3 Å². The fourth-order valence-electron chi connectivity index (χ4n) is 1.40. The molecular formula is C15H13ClN2O3. The Morgan fingerprint density at radius 1 is 1.43 bits per heavy atom. The maximum Gasteiger partial charge on any atom is 0.331 e. The third-order valence-electron chi connectivity index (χ3n) is 2.43. The minimum atomic E-state index is -0.713. The second kappa shape index (κ2) is 7.88. The standard InChI is InChI=1S/C15H13ClN2O3/c1-10(18)12(8-17)14(19)9-21-15(20)7-6-11-4-2-3-5-13(11)16/h2-7H,9,18H2,1H3. The lowest BCUT2D eigenvalue weighted by atomic mass is 10.1. The zero-order valence-electron chi connectivity index (χ0n) is 11.3. The largest absolute Gasteiger partial charge is 0.454 e. The first-order valence-electron chi connectivity index (χ1n) is 5.94. The number of ketones is 1. The van der Waals surface area contributed by atoms with E-state index in [9.17, 15) is 9.59 Å². The van der Waals surface area contributed by atoms with Gasteiger partial charge in [0.2, 0.25) is 5.78 Å². The summed E-state index contributed by atoms with van der Waals surface area (Å²) in [5.41, 5.74) is 5.90. The van der Waals surface area contributed by atoms with E-state index in [1.807, 2.05) is 0 Å². The van der Waals surface area contributed by atoms with Crippen molar-refractivity contribution in [2.75, 3.05) is 6.61 Å². The maximum absolute atomic E-state index is 11.6. The van der Waals surface area contributed by atoms with Crippen LogP contribution in [0.1, 0.15) is 12.5 Å². The van der Waals surface area contributed by atoms with Gasteiger partial charge in [-0.3, -0.25) is 4.79 Å². The molecule has 5 nitrogen and oxygen atoms in total. The van der Waals surface area contributed by atoms with Gasteiger partial charge in [0.1, 0.15) is 11.6 Å². The molecule has 0 aliphatic carbocycles. The first-order chi connectivity index (χ1) is 9.95. The highest BCUT2D eigenvalue weighted by Gasteiger charge is 2.13. The Morgan fingerprint density at radius 3 is 2.67 bits per heavy atom. The number of hydrogen-bond acceptors (Lipinski definition) is 5. The number of nitriles is 1. The highest BCUT2D eigenvalue weighted by atomic mass is 35.5. The average Bonchev–Trinajstić information content (AvgIpc) is 2.44. The van der Waals surface area contributed by atoms with E-state index in [1.54, 1.807) is 30.3 Å².